The molecule has 1 aliphatic rings. The van der Waals surface area contributed by atoms with Crippen LogP contribution in [0, 0.1) is 12.1 Å². The number of anilines is 2. The minimum atomic E-state index is -0.139. The van der Waals surface area contributed by atoms with Gasteiger partial charge in [-0.3, -0.25) is 9.97 Å². The number of rotatable bonds is 5. The Balaban J connectivity index is 0.00000386. The van der Waals surface area contributed by atoms with Gasteiger partial charge in [0.25, 0.3) is 0 Å². The fourth-order valence-electron chi connectivity index (χ4n) is 6.35. The van der Waals surface area contributed by atoms with Crippen LogP contribution in [0.5, 0.6) is 0 Å². The molecule has 0 radical (unpaired) electrons. The van der Waals surface area contributed by atoms with E-state index in [9.17, 15) is 0 Å². The van der Waals surface area contributed by atoms with E-state index >= 15 is 0 Å². The van der Waals surface area contributed by atoms with Crippen LogP contribution in [0.2, 0.25) is 0 Å². The van der Waals surface area contributed by atoms with Crippen molar-refractivity contribution < 1.29 is 21.1 Å². The standard InChI is InChI=1S/C43H39N3.Pt/c1-42(2,3)31-23-25-33-34-26-24-32(43(4,5)6)28-36(34)41(35(33)27-31)46(39-21-13-19-37(44-39)29-15-9-7-10-16-29)40-22-14-20-38(45-40)30-17-11-8-12-18-30;/h7-15,17,19-28,41H,1-6H3;/q-2;+2. The van der Waals surface area contributed by atoms with Crippen molar-refractivity contribution in [1.29, 1.82) is 0 Å². The second-order valence-electron chi connectivity index (χ2n) is 14.2. The first-order valence-electron chi connectivity index (χ1n) is 16.0. The SMILES string of the molecule is CC(C)(C)c1ccc2c(c1)C(N(c1cccc(-c3[c-]cccc3)n1)c1cccc(-c3[c-]cccc3)n1)c1cc(C(C)(C)C)ccc1-2.[Pt+2]. The van der Waals surface area contributed by atoms with Crippen molar-refractivity contribution in [3.05, 3.63) is 156 Å². The van der Waals surface area contributed by atoms with E-state index in [4.69, 9.17) is 9.97 Å². The van der Waals surface area contributed by atoms with Crippen LogP contribution >= 0.6 is 0 Å². The van der Waals surface area contributed by atoms with Gasteiger partial charge in [0.15, 0.2) is 0 Å². The Morgan fingerprint density at radius 3 is 1.36 bits per heavy atom. The fourth-order valence-corrected chi connectivity index (χ4v) is 6.35. The van der Waals surface area contributed by atoms with Gasteiger partial charge in [-0.2, -0.15) is 0 Å². The number of fused-ring (bicyclic) bond motifs is 3. The van der Waals surface area contributed by atoms with Gasteiger partial charge in [-0.05, 0) is 67.7 Å². The van der Waals surface area contributed by atoms with Crippen molar-refractivity contribution in [2.75, 3.05) is 4.90 Å². The maximum Gasteiger partial charge on any atom is 2.00 e. The van der Waals surface area contributed by atoms with E-state index < -0.39 is 0 Å². The smallest absolute Gasteiger partial charge is 0.300 e. The molecule has 0 saturated carbocycles. The molecular formula is C43H39N3Pt. The molecule has 6 aromatic rings. The van der Waals surface area contributed by atoms with Crippen LogP contribution in [0.15, 0.2) is 121 Å². The zero-order valence-corrected chi connectivity index (χ0v) is 30.1. The van der Waals surface area contributed by atoms with Gasteiger partial charge in [0.2, 0.25) is 0 Å². The van der Waals surface area contributed by atoms with Gasteiger partial charge in [0.1, 0.15) is 11.6 Å². The third-order valence-electron chi connectivity index (χ3n) is 8.91. The van der Waals surface area contributed by atoms with Crippen LogP contribution in [0.1, 0.15) is 69.8 Å². The zero-order valence-electron chi connectivity index (χ0n) is 27.8. The molecule has 47 heavy (non-hydrogen) atoms. The second-order valence-corrected chi connectivity index (χ2v) is 14.2. The Hall–Kier alpha value is -4.33. The molecule has 0 amide bonds. The fraction of sp³-hybridized carbons (Fsp3) is 0.209. The maximum atomic E-state index is 5.30. The van der Waals surface area contributed by atoms with E-state index in [2.05, 4.69) is 144 Å². The summed E-state index contributed by atoms with van der Waals surface area (Å²) in [5, 5.41) is 0. The molecule has 2 aromatic heterocycles. The molecule has 2 heterocycles. The molecule has 0 saturated heterocycles. The summed E-state index contributed by atoms with van der Waals surface area (Å²) < 4.78 is 0. The first kappa shape index (κ1) is 32.6. The van der Waals surface area contributed by atoms with E-state index in [1.165, 1.54) is 33.4 Å². The Labute approximate surface area is 294 Å². The summed E-state index contributed by atoms with van der Waals surface area (Å²) in [6, 6.07) is 49.2. The minimum Gasteiger partial charge on any atom is -0.300 e. The van der Waals surface area contributed by atoms with E-state index in [1.807, 2.05) is 36.4 Å². The molecule has 7 rings (SSSR count). The van der Waals surface area contributed by atoms with E-state index in [1.54, 1.807) is 0 Å². The summed E-state index contributed by atoms with van der Waals surface area (Å²) in [7, 11) is 0. The van der Waals surface area contributed by atoms with Gasteiger partial charge in [-0.15, -0.1) is 71.8 Å². The number of hydrogen-bond donors (Lipinski definition) is 0. The maximum absolute atomic E-state index is 5.30. The van der Waals surface area contributed by atoms with Crippen LogP contribution in [0.25, 0.3) is 33.6 Å². The second kappa shape index (κ2) is 12.7. The molecule has 0 aliphatic heterocycles. The molecule has 0 atom stereocenters. The van der Waals surface area contributed by atoms with Crippen molar-refractivity contribution in [2.24, 2.45) is 0 Å². The van der Waals surface area contributed by atoms with E-state index in [-0.39, 0.29) is 37.9 Å². The van der Waals surface area contributed by atoms with Gasteiger partial charge in [-0.25, -0.2) is 0 Å². The summed E-state index contributed by atoms with van der Waals surface area (Å²) in [6.07, 6.45) is 0. The minimum absolute atomic E-state index is 0. The average Bonchev–Trinajstić information content (AvgIpc) is 3.38. The van der Waals surface area contributed by atoms with Gasteiger partial charge in [-0.1, -0.05) is 102 Å². The summed E-state index contributed by atoms with van der Waals surface area (Å²) in [5.41, 5.74) is 11.3. The summed E-state index contributed by atoms with van der Waals surface area (Å²) in [4.78, 5) is 12.9. The topological polar surface area (TPSA) is 29.0 Å². The summed E-state index contributed by atoms with van der Waals surface area (Å²) >= 11 is 0. The number of aromatic nitrogens is 2. The van der Waals surface area contributed by atoms with Crippen LogP contribution in [0.3, 0.4) is 0 Å². The number of nitrogens with zero attached hydrogens (tertiary/aromatic N) is 3. The molecule has 0 spiro atoms. The van der Waals surface area contributed by atoms with Gasteiger partial charge < -0.3 is 4.90 Å². The zero-order chi connectivity index (χ0) is 32.1. The van der Waals surface area contributed by atoms with Crippen molar-refractivity contribution in [2.45, 2.75) is 58.4 Å². The molecule has 0 unspecified atom stereocenters. The number of hydrogen-bond acceptors (Lipinski definition) is 3. The predicted octanol–water partition coefficient (Wildman–Crippen LogP) is 10.9. The van der Waals surface area contributed by atoms with Gasteiger partial charge in [0, 0.05) is 0 Å². The van der Waals surface area contributed by atoms with Crippen molar-refractivity contribution in [3.8, 4) is 33.6 Å². The molecule has 0 fully saturated rings. The van der Waals surface area contributed by atoms with E-state index in [0.717, 1.165) is 34.2 Å². The van der Waals surface area contributed by atoms with Crippen LogP contribution in [0.4, 0.5) is 11.6 Å². The van der Waals surface area contributed by atoms with E-state index in [0.29, 0.717) is 0 Å². The normalized spacial score (nSPS) is 12.6. The Morgan fingerprint density at radius 2 is 0.979 bits per heavy atom. The largest absolute Gasteiger partial charge is 2.00 e. The average molecular weight is 793 g/mol. The van der Waals surface area contributed by atoms with Crippen LogP contribution < -0.4 is 4.90 Å². The molecule has 0 bridgehead atoms. The van der Waals surface area contributed by atoms with Crippen LogP contribution in [-0.2, 0) is 31.9 Å². The van der Waals surface area contributed by atoms with Crippen molar-refractivity contribution >= 4 is 11.6 Å². The van der Waals surface area contributed by atoms with Crippen LogP contribution in [-0.4, -0.2) is 9.97 Å². The van der Waals surface area contributed by atoms with Crippen molar-refractivity contribution in [1.82, 2.24) is 9.97 Å². The molecule has 3 nitrogen and oxygen atoms in total. The first-order chi connectivity index (χ1) is 22.1. The Morgan fingerprint density at radius 1 is 0.532 bits per heavy atom. The molecule has 4 heteroatoms. The molecule has 1 aliphatic carbocycles. The first-order valence-corrected chi connectivity index (χ1v) is 16.0. The van der Waals surface area contributed by atoms with Gasteiger partial charge in [0.05, 0.1) is 6.04 Å². The molecular weight excluding hydrogens is 754 g/mol. The van der Waals surface area contributed by atoms with Gasteiger partial charge >= 0.3 is 21.1 Å². The summed E-state index contributed by atoms with van der Waals surface area (Å²) in [5.74, 6) is 1.67. The molecule has 4 aromatic carbocycles. The predicted molar refractivity (Wildman–Crippen MR) is 190 cm³/mol. The quantitative estimate of drug-likeness (QED) is 0.163. The Kier molecular flexibility index (Phi) is 8.81. The number of benzene rings is 4. The third kappa shape index (κ3) is 6.34. The Bertz CT molecular complexity index is 1870. The monoisotopic (exact) mass is 792 g/mol. The van der Waals surface area contributed by atoms with Crippen molar-refractivity contribution in [3.63, 3.8) is 0 Å². The summed E-state index contributed by atoms with van der Waals surface area (Å²) in [6.45, 7) is 13.7. The molecule has 0 N–H and O–H groups in total. The molecule has 236 valence electrons. The number of pyridine rings is 2. The third-order valence-corrected chi connectivity index (χ3v) is 8.91.